The van der Waals surface area contributed by atoms with Crippen molar-refractivity contribution in [3.8, 4) is 11.8 Å². The molecule has 0 fully saturated rings. The summed E-state index contributed by atoms with van der Waals surface area (Å²) in [5, 5.41) is 9.43. The highest BCUT2D eigenvalue weighted by Crippen LogP contribution is 2.31. The second kappa shape index (κ2) is 6.88. The summed E-state index contributed by atoms with van der Waals surface area (Å²) in [6.07, 6.45) is 0. The molecule has 106 valence electrons. The molecular weight excluding hydrogens is 398 g/mol. The Labute approximate surface area is 139 Å². The summed E-state index contributed by atoms with van der Waals surface area (Å²) >= 11 is 6.70. The first-order valence-corrected chi connectivity index (χ1v) is 7.69. The van der Waals surface area contributed by atoms with E-state index >= 15 is 0 Å². The Morgan fingerprint density at radius 2 is 1.95 bits per heavy atom. The number of methoxy groups -OCH3 is 1. The first kappa shape index (κ1) is 15.7. The lowest BCUT2D eigenvalue weighted by atomic mass is 9.91. The molecule has 0 bridgehead atoms. The Bertz CT molecular complexity index is 722. The third-order valence-corrected chi connectivity index (χ3v) is 4.19. The number of halogens is 2. The summed E-state index contributed by atoms with van der Waals surface area (Å²) in [6, 6.07) is 14.4. The van der Waals surface area contributed by atoms with E-state index in [1.807, 2.05) is 0 Å². The van der Waals surface area contributed by atoms with Gasteiger partial charge in [0.05, 0.1) is 13.2 Å². The molecule has 1 unspecified atom stereocenters. The minimum Gasteiger partial charge on any atom is -0.496 e. The largest absolute Gasteiger partial charge is 0.496 e. The van der Waals surface area contributed by atoms with Crippen LogP contribution in [0.25, 0.3) is 0 Å². The lowest BCUT2D eigenvalue weighted by molar-refractivity contribution is 0.0977. The van der Waals surface area contributed by atoms with Gasteiger partial charge in [0, 0.05) is 20.1 Å². The average Bonchev–Trinajstić information content (AvgIpc) is 2.48. The van der Waals surface area contributed by atoms with Crippen LogP contribution in [0.15, 0.2) is 51.4 Å². The van der Waals surface area contributed by atoms with Crippen LogP contribution in [-0.2, 0) is 0 Å². The second-order valence-corrected chi connectivity index (χ2v) is 6.06. The van der Waals surface area contributed by atoms with Crippen molar-refractivity contribution in [3.63, 3.8) is 0 Å². The number of carbonyl (C=O) groups is 1. The summed E-state index contributed by atoms with van der Waals surface area (Å²) in [5.74, 6) is -0.634. The zero-order chi connectivity index (χ0) is 15.4. The van der Waals surface area contributed by atoms with Crippen molar-refractivity contribution in [1.29, 1.82) is 5.26 Å². The van der Waals surface area contributed by atoms with Gasteiger partial charge < -0.3 is 4.74 Å². The molecule has 5 heteroatoms. The van der Waals surface area contributed by atoms with Gasteiger partial charge in [0.2, 0.25) is 0 Å². The van der Waals surface area contributed by atoms with Crippen LogP contribution in [0.2, 0.25) is 0 Å². The zero-order valence-corrected chi connectivity index (χ0v) is 14.3. The van der Waals surface area contributed by atoms with Gasteiger partial charge in [-0.05, 0) is 24.3 Å². The summed E-state index contributed by atoms with van der Waals surface area (Å²) in [4.78, 5) is 12.7. The highest BCUT2D eigenvalue weighted by Gasteiger charge is 2.26. The van der Waals surface area contributed by atoms with Gasteiger partial charge in [-0.1, -0.05) is 50.1 Å². The summed E-state index contributed by atoms with van der Waals surface area (Å²) in [7, 11) is 1.52. The fourth-order valence-electron chi connectivity index (χ4n) is 2.02. The lowest BCUT2D eigenvalue weighted by Crippen LogP contribution is -2.13. The Morgan fingerprint density at radius 3 is 2.57 bits per heavy atom. The maximum atomic E-state index is 12.7. The van der Waals surface area contributed by atoms with Crippen LogP contribution in [-0.4, -0.2) is 12.9 Å². The molecule has 0 aliphatic rings. The van der Waals surface area contributed by atoms with Crippen molar-refractivity contribution in [2.75, 3.05) is 7.11 Å². The molecule has 0 heterocycles. The highest BCUT2D eigenvalue weighted by molar-refractivity contribution is 9.11. The Kier molecular flexibility index (Phi) is 5.16. The molecular formula is C16H11Br2NO2. The molecule has 1 atom stereocenters. The minimum absolute atomic E-state index is 0.263. The molecule has 0 spiro atoms. The van der Waals surface area contributed by atoms with Gasteiger partial charge in [0.1, 0.15) is 11.7 Å². The molecule has 0 aliphatic carbocycles. The molecule has 0 radical (unpaired) electrons. The number of ketones is 1. The number of carbonyl (C=O) groups excluding carboxylic acids is 1. The van der Waals surface area contributed by atoms with E-state index in [-0.39, 0.29) is 5.78 Å². The van der Waals surface area contributed by atoms with Crippen molar-refractivity contribution in [2.45, 2.75) is 5.92 Å². The topological polar surface area (TPSA) is 50.1 Å². The number of nitriles is 1. The standard InChI is InChI=1S/C16H11Br2NO2/c1-21-15-5-3-2-4-11(15)13(9-19)16(20)12-7-6-10(17)8-14(12)18/h2-8,13H,1H3. The summed E-state index contributed by atoms with van der Waals surface area (Å²) < 4.78 is 6.75. The predicted octanol–water partition coefficient (Wildman–Crippen LogP) is 4.71. The van der Waals surface area contributed by atoms with Crippen LogP contribution in [0.3, 0.4) is 0 Å². The lowest BCUT2D eigenvalue weighted by Gasteiger charge is -2.13. The number of hydrogen-bond donors (Lipinski definition) is 0. The van der Waals surface area contributed by atoms with Crippen LogP contribution in [0, 0.1) is 11.3 Å². The van der Waals surface area contributed by atoms with Crippen LogP contribution in [0.4, 0.5) is 0 Å². The molecule has 2 aromatic carbocycles. The van der Waals surface area contributed by atoms with Crippen LogP contribution >= 0.6 is 31.9 Å². The van der Waals surface area contributed by atoms with Gasteiger partial charge in [0.15, 0.2) is 5.78 Å². The SMILES string of the molecule is COc1ccccc1C(C#N)C(=O)c1ccc(Br)cc1Br. The third kappa shape index (κ3) is 3.34. The third-order valence-electron chi connectivity index (χ3n) is 3.04. The van der Waals surface area contributed by atoms with Gasteiger partial charge in [-0.15, -0.1) is 0 Å². The molecule has 2 rings (SSSR count). The number of para-hydroxylation sites is 1. The Balaban J connectivity index is 2.46. The van der Waals surface area contributed by atoms with E-state index in [1.165, 1.54) is 7.11 Å². The second-order valence-electron chi connectivity index (χ2n) is 4.29. The van der Waals surface area contributed by atoms with Gasteiger partial charge >= 0.3 is 0 Å². The molecule has 0 saturated heterocycles. The number of benzene rings is 2. The molecule has 2 aromatic rings. The smallest absolute Gasteiger partial charge is 0.185 e. The number of hydrogen-bond acceptors (Lipinski definition) is 3. The average molecular weight is 409 g/mol. The van der Waals surface area contributed by atoms with E-state index in [2.05, 4.69) is 37.9 Å². The van der Waals surface area contributed by atoms with E-state index in [0.29, 0.717) is 21.3 Å². The maximum Gasteiger partial charge on any atom is 0.185 e. The monoisotopic (exact) mass is 407 g/mol. The molecule has 3 nitrogen and oxygen atoms in total. The van der Waals surface area contributed by atoms with Crippen LogP contribution < -0.4 is 4.74 Å². The quantitative estimate of drug-likeness (QED) is 0.688. The molecule has 0 amide bonds. The molecule has 0 N–H and O–H groups in total. The zero-order valence-electron chi connectivity index (χ0n) is 11.1. The molecule has 0 aliphatic heterocycles. The summed E-state index contributed by atoms with van der Waals surface area (Å²) in [5.41, 5.74) is 1.04. The molecule has 0 aromatic heterocycles. The van der Waals surface area contributed by atoms with Crippen molar-refractivity contribution in [2.24, 2.45) is 0 Å². The van der Waals surface area contributed by atoms with E-state index in [9.17, 15) is 10.1 Å². The van der Waals surface area contributed by atoms with Gasteiger partial charge in [-0.2, -0.15) is 5.26 Å². The normalized spacial score (nSPS) is 11.5. The fourth-order valence-corrected chi connectivity index (χ4v) is 3.26. The first-order chi connectivity index (χ1) is 10.1. The number of rotatable bonds is 4. The van der Waals surface area contributed by atoms with Crippen molar-refractivity contribution in [3.05, 3.63) is 62.5 Å². The highest BCUT2D eigenvalue weighted by atomic mass is 79.9. The predicted molar refractivity (Wildman–Crippen MR) is 87.5 cm³/mol. The molecule has 21 heavy (non-hydrogen) atoms. The summed E-state index contributed by atoms with van der Waals surface area (Å²) in [6.45, 7) is 0. The van der Waals surface area contributed by atoms with E-state index < -0.39 is 5.92 Å². The van der Waals surface area contributed by atoms with Crippen molar-refractivity contribution in [1.82, 2.24) is 0 Å². The first-order valence-electron chi connectivity index (χ1n) is 6.10. The Morgan fingerprint density at radius 1 is 1.24 bits per heavy atom. The van der Waals surface area contributed by atoms with Gasteiger partial charge in [-0.25, -0.2) is 0 Å². The minimum atomic E-state index is -0.904. The van der Waals surface area contributed by atoms with E-state index in [4.69, 9.17) is 4.74 Å². The number of ether oxygens (including phenoxy) is 1. The maximum absolute atomic E-state index is 12.7. The molecule has 0 saturated carbocycles. The number of nitrogens with zero attached hydrogens (tertiary/aromatic N) is 1. The van der Waals surface area contributed by atoms with E-state index in [1.54, 1.807) is 42.5 Å². The van der Waals surface area contributed by atoms with Crippen molar-refractivity contribution < 1.29 is 9.53 Å². The van der Waals surface area contributed by atoms with Crippen LogP contribution in [0.5, 0.6) is 5.75 Å². The van der Waals surface area contributed by atoms with Crippen molar-refractivity contribution >= 4 is 37.6 Å². The number of Topliss-reactive ketones (excluding diaryl/α,β-unsaturated/α-hetero) is 1. The van der Waals surface area contributed by atoms with E-state index in [0.717, 1.165) is 4.47 Å². The van der Waals surface area contributed by atoms with Gasteiger partial charge in [-0.3, -0.25) is 4.79 Å². The Hall–Kier alpha value is -1.64. The van der Waals surface area contributed by atoms with Gasteiger partial charge in [0.25, 0.3) is 0 Å². The fraction of sp³-hybridized carbons (Fsp3) is 0.125. The van der Waals surface area contributed by atoms with Crippen LogP contribution in [0.1, 0.15) is 21.8 Å².